The predicted molar refractivity (Wildman–Crippen MR) is 49.0 cm³/mol. The molecule has 0 bridgehead atoms. The third kappa shape index (κ3) is 1.05. The molecule has 0 radical (unpaired) electrons. The first kappa shape index (κ1) is 7.22. The van der Waals surface area contributed by atoms with Crippen molar-refractivity contribution in [1.82, 2.24) is 9.97 Å². The van der Waals surface area contributed by atoms with Gasteiger partial charge in [-0.1, -0.05) is 0 Å². The molecule has 2 rings (SSSR count). The first-order chi connectivity index (χ1) is 5.77. The van der Waals surface area contributed by atoms with Gasteiger partial charge in [-0.05, 0) is 37.6 Å². The van der Waals surface area contributed by atoms with E-state index in [1.165, 1.54) is 5.56 Å². The second-order valence-electron chi connectivity index (χ2n) is 2.94. The molecule has 2 heteroatoms. The smallest absolute Gasteiger partial charge is 0.159 e. The molecule has 0 aliphatic heterocycles. The van der Waals surface area contributed by atoms with Gasteiger partial charge in [0, 0.05) is 17.3 Å². The van der Waals surface area contributed by atoms with Gasteiger partial charge in [-0.25, -0.2) is 9.97 Å². The highest BCUT2D eigenvalue weighted by atomic mass is 14.8. The molecular formula is C10H10N2. The summed E-state index contributed by atoms with van der Waals surface area (Å²) in [6.45, 7) is 4.07. The lowest BCUT2D eigenvalue weighted by Crippen LogP contribution is -1.89. The first-order valence-electron chi connectivity index (χ1n) is 3.96. The maximum Gasteiger partial charge on any atom is 0.159 e. The van der Waals surface area contributed by atoms with E-state index in [2.05, 4.69) is 23.0 Å². The van der Waals surface area contributed by atoms with Crippen LogP contribution in [0.3, 0.4) is 0 Å². The molecule has 0 aliphatic rings. The van der Waals surface area contributed by atoms with Crippen LogP contribution >= 0.6 is 0 Å². The van der Waals surface area contributed by atoms with Crippen LogP contribution in [0.1, 0.15) is 11.3 Å². The van der Waals surface area contributed by atoms with Crippen molar-refractivity contribution in [3.05, 3.63) is 35.7 Å². The third-order valence-corrected chi connectivity index (χ3v) is 2.03. The van der Waals surface area contributed by atoms with Crippen LogP contribution in [0, 0.1) is 13.8 Å². The third-order valence-electron chi connectivity index (χ3n) is 2.03. The fourth-order valence-electron chi connectivity index (χ4n) is 1.20. The minimum atomic E-state index is 0.834. The molecule has 0 aromatic carbocycles. The van der Waals surface area contributed by atoms with E-state index in [-0.39, 0.29) is 0 Å². The molecule has 0 atom stereocenters. The Bertz CT molecular complexity index is 381. The summed E-state index contributed by atoms with van der Waals surface area (Å²) in [7, 11) is 0. The topological polar surface area (TPSA) is 25.8 Å². The van der Waals surface area contributed by atoms with Crippen LogP contribution in [-0.2, 0) is 0 Å². The summed E-state index contributed by atoms with van der Waals surface area (Å²) in [5.41, 5.74) is 3.11. The second-order valence-corrected chi connectivity index (χ2v) is 2.94. The number of aromatic nitrogens is 2. The van der Waals surface area contributed by atoms with E-state index < -0.39 is 0 Å². The summed E-state index contributed by atoms with van der Waals surface area (Å²) in [6, 6.07) is 6.07. The monoisotopic (exact) mass is 158 g/mol. The molecule has 2 aromatic heterocycles. The van der Waals surface area contributed by atoms with Crippen molar-refractivity contribution in [2.24, 2.45) is 0 Å². The van der Waals surface area contributed by atoms with Gasteiger partial charge in [0.25, 0.3) is 0 Å². The van der Waals surface area contributed by atoms with Gasteiger partial charge in [-0.15, -0.1) is 0 Å². The Hall–Kier alpha value is -1.44. The van der Waals surface area contributed by atoms with E-state index in [1.807, 2.05) is 19.1 Å². The van der Waals surface area contributed by atoms with Crippen LogP contribution in [-0.4, -0.2) is 9.97 Å². The summed E-state index contributed by atoms with van der Waals surface area (Å²) >= 11 is 0. The molecule has 0 N–H and O–H groups in total. The lowest BCUT2D eigenvalue weighted by molar-refractivity contribution is 1.16. The Morgan fingerprint density at radius 3 is 2.92 bits per heavy atom. The molecule has 0 fully saturated rings. The Labute approximate surface area is 71.3 Å². The van der Waals surface area contributed by atoms with Crippen LogP contribution in [0.25, 0.3) is 11.0 Å². The minimum Gasteiger partial charge on any atom is -0.237 e. The lowest BCUT2D eigenvalue weighted by Gasteiger charge is -2.00. The van der Waals surface area contributed by atoms with Crippen molar-refractivity contribution < 1.29 is 0 Å². The van der Waals surface area contributed by atoms with E-state index in [1.54, 1.807) is 6.20 Å². The zero-order chi connectivity index (χ0) is 8.55. The van der Waals surface area contributed by atoms with Gasteiger partial charge in [0.15, 0.2) is 5.65 Å². The Morgan fingerprint density at radius 1 is 1.25 bits per heavy atom. The van der Waals surface area contributed by atoms with Gasteiger partial charge < -0.3 is 0 Å². The van der Waals surface area contributed by atoms with Crippen LogP contribution in [0.5, 0.6) is 0 Å². The molecular weight excluding hydrogens is 148 g/mol. The normalized spacial score (nSPS) is 10.5. The van der Waals surface area contributed by atoms with Gasteiger partial charge in [0.1, 0.15) is 0 Å². The van der Waals surface area contributed by atoms with Crippen molar-refractivity contribution in [2.45, 2.75) is 13.8 Å². The molecule has 0 aliphatic carbocycles. The molecule has 2 aromatic rings. The zero-order valence-corrected chi connectivity index (χ0v) is 7.20. The highest BCUT2D eigenvalue weighted by molar-refractivity contribution is 5.75. The van der Waals surface area contributed by atoms with Crippen molar-refractivity contribution in [3.8, 4) is 0 Å². The van der Waals surface area contributed by atoms with Crippen molar-refractivity contribution in [2.75, 3.05) is 0 Å². The maximum atomic E-state index is 4.36. The first-order valence-corrected chi connectivity index (χ1v) is 3.96. The van der Waals surface area contributed by atoms with E-state index >= 15 is 0 Å². The number of hydrogen-bond acceptors (Lipinski definition) is 2. The number of pyridine rings is 2. The molecule has 12 heavy (non-hydrogen) atoms. The fraction of sp³-hybridized carbons (Fsp3) is 0.200. The SMILES string of the molecule is Cc1cc2cccnc2nc1C. The zero-order valence-electron chi connectivity index (χ0n) is 7.20. The highest BCUT2D eigenvalue weighted by Crippen LogP contribution is 2.12. The molecule has 60 valence electrons. The molecule has 0 amide bonds. The molecule has 0 saturated heterocycles. The van der Waals surface area contributed by atoms with E-state index in [0.717, 1.165) is 16.7 Å². The van der Waals surface area contributed by atoms with Gasteiger partial charge in [0.05, 0.1) is 0 Å². The molecule has 2 nitrogen and oxygen atoms in total. The van der Waals surface area contributed by atoms with Crippen LogP contribution < -0.4 is 0 Å². The van der Waals surface area contributed by atoms with E-state index in [4.69, 9.17) is 0 Å². The number of nitrogens with zero attached hydrogens (tertiary/aromatic N) is 2. The average Bonchev–Trinajstić information content (AvgIpc) is 2.07. The summed E-state index contributed by atoms with van der Waals surface area (Å²) in [5.74, 6) is 0. The van der Waals surface area contributed by atoms with Gasteiger partial charge in [0.2, 0.25) is 0 Å². The van der Waals surface area contributed by atoms with Gasteiger partial charge >= 0.3 is 0 Å². The Balaban J connectivity index is 2.84. The number of fused-ring (bicyclic) bond motifs is 1. The summed E-state index contributed by atoms with van der Waals surface area (Å²) < 4.78 is 0. The number of aryl methyl sites for hydroxylation is 2. The second kappa shape index (κ2) is 2.55. The largest absolute Gasteiger partial charge is 0.237 e. The molecule has 0 unspecified atom stereocenters. The highest BCUT2D eigenvalue weighted by Gasteiger charge is 1.97. The van der Waals surface area contributed by atoms with E-state index in [9.17, 15) is 0 Å². The predicted octanol–water partition coefficient (Wildman–Crippen LogP) is 2.25. The molecule has 0 spiro atoms. The Morgan fingerprint density at radius 2 is 2.08 bits per heavy atom. The summed E-state index contributed by atoms with van der Waals surface area (Å²) in [5, 5.41) is 1.11. The quantitative estimate of drug-likeness (QED) is 0.587. The maximum absolute atomic E-state index is 4.36. The van der Waals surface area contributed by atoms with E-state index in [0.29, 0.717) is 0 Å². The minimum absolute atomic E-state index is 0.834. The fourth-order valence-corrected chi connectivity index (χ4v) is 1.20. The Kier molecular flexibility index (Phi) is 1.54. The molecule has 0 saturated carbocycles. The van der Waals surface area contributed by atoms with Crippen LogP contribution in [0.15, 0.2) is 24.4 Å². The summed E-state index contributed by atoms with van der Waals surface area (Å²) in [4.78, 5) is 8.54. The molecule has 2 heterocycles. The van der Waals surface area contributed by atoms with Crippen molar-refractivity contribution in [1.29, 1.82) is 0 Å². The number of hydrogen-bond donors (Lipinski definition) is 0. The van der Waals surface area contributed by atoms with Gasteiger partial charge in [-0.2, -0.15) is 0 Å². The van der Waals surface area contributed by atoms with Crippen molar-refractivity contribution in [3.63, 3.8) is 0 Å². The number of rotatable bonds is 0. The standard InChI is InChI=1S/C10H10N2/c1-7-6-9-4-3-5-11-10(9)12-8(7)2/h3-6H,1-2H3. The average molecular weight is 158 g/mol. The van der Waals surface area contributed by atoms with Gasteiger partial charge in [-0.3, -0.25) is 0 Å². The lowest BCUT2D eigenvalue weighted by atomic mass is 10.2. The van der Waals surface area contributed by atoms with Crippen LogP contribution in [0.4, 0.5) is 0 Å². The van der Waals surface area contributed by atoms with Crippen LogP contribution in [0.2, 0.25) is 0 Å². The van der Waals surface area contributed by atoms with Crippen molar-refractivity contribution >= 4 is 11.0 Å². The summed E-state index contributed by atoms with van der Waals surface area (Å²) in [6.07, 6.45) is 1.77.